The average Bonchev–Trinajstić information content (AvgIpc) is 3.18. The molecule has 1 heterocycles. The van der Waals surface area contributed by atoms with Gasteiger partial charge < -0.3 is 20.1 Å². The molecule has 1 aliphatic rings. The topological polar surface area (TPSA) is 58.1 Å². The first-order valence-corrected chi connectivity index (χ1v) is 10.0. The Morgan fingerprint density at radius 1 is 1.29 bits per heavy atom. The van der Waals surface area contributed by atoms with Gasteiger partial charge in [0.25, 0.3) is 0 Å². The molecule has 0 aliphatic carbocycles. The molecule has 6 nitrogen and oxygen atoms in total. The zero-order chi connectivity index (χ0) is 19.5. The summed E-state index contributed by atoms with van der Waals surface area (Å²) in [6.07, 6.45) is 2.25. The van der Waals surface area contributed by atoms with Crippen LogP contribution in [0.15, 0.2) is 29.3 Å². The van der Waals surface area contributed by atoms with Crippen LogP contribution in [0.5, 0.6) is 0 Å². The highest BCUT2D eigenvalue weighted by atomic mass is 127. The van der Waals surface area contributed by atoms with Gasteiger partial charge in [-0.1, -0.05) is 24.3 Å². The van der Waals surface area contributed by atoms with Crippen LogP contribution in [-0.4, -0.2) is 63.5 Å². The SMILES string of the molecule is CN=C(NCCCOC1CCOC1)NCc1ccccc1CN(C)C(C)C.I. The first-order valence-electron chi connectivity index (χ1n) is 10.0. The van der Waals surface area contributed by atoms with E-state index in [2.05, 4.69) is 65.7 Å². The Labute approximate surface area is 187 Å². The molecule has 2 rings (SSSR count). The van der Waals surface area contributed by atoms with Gasteiger partial charge in [0, 0.05) is 45.9 Å². The van der Waals surface area contributed by atoms with E-state index < -0.39 is 0 Å². The van der Waals surface area contributed by atoms with Gasteiger partial charge in [0.1, 0.15) is 0 Å². The second-order valence-electron chi connectivity index (χ2n) is 7.34. The number of guanidine groups is 1. The molecule has 160 valence electrons. The van der Waals surface area contributed by atoms with Crippen LogP contribution in [0, 0.1) is 0 Å². The third-order valence-electron chi connectivity index (χ3n) is 4.94. The number of nitrogens with zero attached hydrogens (tertiary/aromatic N) is 2. The van der Waals surface area contributed by atoms with Gasteiger partial charge >= 0.3 is 0 Å². The predicted molar refractivity (Wildman–Crippen MR) is 126 cm³/mol. The first kappa shape index (κ1) is 25.1. The van der Waals surface area contributed by atoms with E-state index in [0.29, 0.717) is 6.04 Å². The largest absolute Gasteiger partial charge is 0.379 e. The molecule has 1 atom stereocenters. The minimum absolute atomic E-state index is 0. The molecule has 2 N–H and O–H groups in total. The molecule has 28 heavy (non-hydrogen) atoms. The molecule has 1 saturated heterocycles. The number of nitrogens with one attached hydrogen (secondary N) is 2. The van der Waals surface area contributed by atoms with E-state index in [1.54, 1.807) is 7.05 Å². The van der Waals surface area contributed by atoms with Crippen molar-refractivity contribution in [3.63, 3.8) is 0 Å². The second-order valence-corrected chi connectivity index (χ2v) is 7.34. The predicted octanol–water partition coefficient (Wildman–Crippen LogP) is 3.01. The molecule has 1 unspecified atom stereocenters. The lowest BCUT2D eigenvalue weighted by molar-refractivity contribution is 0.0420. The van der Waals surface area contributed by atoms with Gasteiger partial charge in [-0.15, -0.1) is 24.0 Å². The standard InChI is InChI=1S/C21H36N4O2.HI/c1-17(2)25(4)15-19-9-6-5-8-18(19)14-24-21(22-3)23-11-7-12-27-20-10-13-26-16-20;/h5-6,8-9,17,20H,7,10-16H2,1-4H3,(H2,22,23,24);1H. The molecule has 0 saturated carbocycles. The van der Waals surface area contributed by atoms with E-state index in [9.17, 15) is 0 Å². The third-order valence-corrected chi connectivity index (χ3v) is 4.94. The minimum atomic E-state index is 0. The highest BCUT2D eigenvalue weighted by Crippen LogP contribution is 2.12. The summed E-state index contributed by atoms with van der Waals surface area (Å²) in [4.78, 5) is 6.67. The molecule has 0 radical (unpaired) electrons. The van der Waals surface area contributed by atoms with Crippen molar-refractivity contribution in [1.29, 1.82) is 0 Å². The van der Waals surface area contributed by atoms with E-state index >= 15 is 0 Å². The molecule has 7 heteroatoms. The Morgan fingerprint density at radius 2 is 2.04 bits per heavy atom. The highest BCUT2D eigenvalue weighted by Gasteiger charge is 2.15. The van der Waals surface area contributed by atoms with Crippen molar-refractivity contribution in [2.45, 2.75) is 51.9 Å². The molecule has 0 aromatic heterocycles. The Morgan fingerprint density at radius 3 is 2.68 bits per heavy atom. The van der Waals surface area contributed by atoms with Crippen LogP contribution in [0.1, 0.15) is 37.8 Å². The number of halogens is 1. The fourth-order valence-electron chi connectivity index (χ4n) is 2.91. The van der Waals surface area contributed by atoms with Gasteiger partial charge in [-0.25, -0.2) is 0 Å². The van der Waals surface area contributed by atoms with E-state index in [-0.39, 0.29) is 30.1 Å². The molecule has 1 fully saturated rings. The highest BCUT2D eigenvalue weighted by molar-refractivity contribution is 14.0. The summed E-state index contributed by atoms with van der Waals surface area (Å²) in [6.45, 7) is 9.30. The number of hydrogen-bond acceptors (Lipinski definition) is 4. The lowest BCUT2D eigenvalue weighted by Crippen LogP contribution is -2.38. The molecule has 0 bridgehead atoms. The zero-order valence-electron chi connectivity index (χ0n) is 17.7. The smallest absolute Gasteiger partial charge is 0.191 e. The Bertz CT molecular complexity index is 577. The molecular weight excluding hydrogens is 467 g/mol. The van der Waals surface area contributed by atoms with Crippen LogP contribution in [0.3, 0.4) is 0 Å². The zero-order valence-corrected chi connectivity index (χ0v) is 20.1. The second kappa shape index (κ2) is 14.1. The van der Waals surface area contributed by atoms with Crippen molar-refractivity contribution >= 4 is 29.9 Å². The van der Waals surface area contributed by atoms with E-state index in [0.717, 1.165) is 58.3 Å². The maximum absolute atomic E-state index is 5.79. The number of ether oxygens (including phenoxy) is 2. The number of benzene rings is 1. The fourth-order valence-corrected chi connectivity index (χ4v) is 2.91. The monoisotopic (exact) mass is 504 g/mol. The van der Waals surface area contributed by atoms with Crippen LogP contribution in [0.4, 0.5) is 0 Å². The maximum Gasteiger partial charge on any atom is 0.191 e. The van der Waals surface area contributed by atoms with Crippen LogP contribution in [0.25, 0.3) is 0 Å². The van der Waals surface area contributed by atoms with Gasteiger partial charge in [-0.05, 0) is 44.9 Å². The van der Waals surface area contributed by atoms with E-state index in [1.165, 1.54) is 11.1 Å². The number of hydrogen-bond donors (Lipinski definition) is 2. The molecule has 1 aliphatic heterocycles. The fraction of sp³-hybridized carbons (Fsp3) is 0.667. The van der Waals surface area contributed by atoms with Crippen LogP contribution in [0.2, 0.25) is 0 Å². The van der Waals surface area contributed by atoms with E-state index in [1.807, 2.05) is 0 Å². The van der Waals surface area contributed by atoms with E-state index in [4.69, 9.17) is 9.47 Å². The molecular formula is C21H37IN4O2. The van der Waals surface area contributed by atoms with Crippen molar-refractivity contribution in [3.05, 3.63) is 35.4 Å². The van der Waals surface area contributed by atoms with Crippen LogP contribution < -0.4 is 10.6 Å². The summed E-state index contributed by atoms with van der Waals surface area (Å²) >= 11 is 0. The van der Waals surface area contributed by atoms with Crippen molar-refractivity contribution in [2.24, 2.45) is 4.99 Å². The summed E-state index contributed by atoms with van der Waals surface area (Å²) in [5.41, 5.74) is 2.65. The summed E-state index contributed by atoms with van der Waals surface area (Å²) in [7, 11) is 3.97. The van der Waals surface area contributed by atoms with Gasteiger partial charge in [-0.3, -0.25) is 9.89 Å². The van der Waals surface area contributed by atoms with Crippen molar-refractivity contribution in [2.75, 3.05) is 40.5 Å². The molecule has 0 amide bonds. The third kappa shape index (κ3) is 9.07. The Kier molecular flexibility index (Phi) is 12.7. The Hall–Kier alpha value is -0.900. The molecule has 1 aromatic carbocycles. The summed E-state index contributed by atoms with van der Waals surface area (Å²) < 4.78 is 11.1. The molecule has 0 spiro atoms. The van der Waals surface area contributed by atoms with Gasteiger partial charge in [-0.2, -0.15) is 0 Å². The van der Waals surface area contributed by atoms with Crippen molar-refractivity contribution < 1.29 is 9.47 Å². The summed E-state index contributed by atoms with van der Waals surface area (Å²) in [6, 6.07) is 9.11. The van der Waals surface area contributed by atoms with Crippen molar-refractivity contribution in [3.8, 4) is 0 Å². The summed E-state index contributed by atoms with van der Waals surface area (Å²) in [5.74, 6) is 0.825. The van der Waals surface area contributed by atoms with Gasteiger partial charge in [0.15, 0.2) is 5.96 Å². The number of aliphatic imine (C=N–C) groups is 1. The number of rotatable bonds is 10. The normalized spacial score (nSPS) is 17.1. The average molecular weight is 504 g/mol. The van der Waals surface area contributed by atoms with Crippen LogP contribution >= 0.6 is 24.0 Å². The van der Waals surface area contributed by atoms with Crippen LogP contribution in [-0.2, 0) is 22.6 Å². The van der Waals surface area contributed by atoms with Gasteiger partial charge in [0.2, 0.25) is 0 Å². The summed E-state index contributed by atoms with van der Waals surface area (Å²) in [5, 5.41) is 6.78. The molecule has 1 aromatic rings. The lowest BCUT2D eigenvalue weighted by atomic mass is 10.1. The Balaban J connectivity index is 0.00000392. The van der Waals surface area contributed by atoms with Gasteiger partial charge in [0.05, 0.1) is 12.7 Å². The van der Waals surface area contributed by atoms with Crippen molar-refractivity contribution in [1.82, 2.24) is 15.5 Å². The quantitative estimate of drug-likeness (QED) is 0.222. The minimum Gasteiger partial charge on any atom is -0.379 e. The lowest BCUT2D eigenvalue weighted by Gasteiger charge is -2.23. The first-order chi connectivity index (χ1) is 13.1. The maximum atomic E-state index is 5.79.